The zero-order chi connectivity index (χ0) is 15.2. The van der Waals surface area contributed by atoms with E-state index in [1.807, 2.05) is 0 Å². The second-order valence-corrected chi connectivity index (χ2v) is 4.88. The number of hydrogen-bond acceptors (Lipinski definition) is 5. The maximum absolute atomic E-state index is 11.6. The average molecular weight is 293 g/mol. The summed E-state index contributed by atoms with van der Waals surface area (Å²) in [6.45, 7) is 1.30. The number of methoxy groups -OCH3 is 1. The smallest absolute Gasteiger partial charge is 0.344 e. The minimum Gasteiger partial charge on any atom is -0.497 e. The Morgan fingerprint density at radius 1 is 1.24 bits per heavy atom. The van der Waals surface area contributed by atoms with Gasteiger partial charge in [-0.1, -0.05) is 0 Å². The number of hydrogen-bond donors (Lipinski definition) is 1. The minimum absolute atomic E-state index is 0.243. The Kier molecular flexibility index (Phi) is 5.03. The minimum atomic E-state index is -0.808. The standard InChI is InChI=1S/C15H19NO5/c1-10(15(18)16-11-3-4-11)21-14(17)9-20-13-7-5-12(19-2)6-8-13/h5-8,10-11H,3-4,9H2,1-2H3,(H,16,18)/t10-/m1/s1. The molecule has 0 heterocycles. The van der Waals surface area contributed by atoms with Crippen LogP contribution in [0, 0.1) is 0 Å². The lowest BCUT2D eigenvalue weighted by molar-refractivity contribution is -0.156. The third-order valence-electron chi connectivity index (χ3n) is 3.02. The fourth-order valence-electron chi connectivity index (χ4n) is 1.65. The van der Waals surface area contributed by atoms with Crippen molar-refractivity contribution in [1.82, 2.24) is 5.32 Å². The molecule has 1 fully saturated rings. The van der Waals surface area contributed by atoms with Gasteiger partial charge in [-0.2, -0.15) is 0 Å². The molecule has 1 aromatic rings. The summed E-state index contributed by atoms with van der Waals surface area (Å²) in [6, 6.07) is 7.08. The third kappa shape index (κ3) is 4.98. The highest BCUT2D eigenvalue weighted by atomic mass is 16.6. The number of benzene rings is 1. The van der Waals surface area contributed by atoms with E-state index in [9.17, 15) is 9.59 Å². The maximum Gasteiger partial charge on any atom is 0.344 e. The molecule has 1 N–H and O–H groups in total. The Balaban J connectivity index is 1.71. The van der Waals surface area contributed by atoms with Gasteiger partial charge in [0.25, 0.3) is 5.91 Å². The van der Waals surface area contributed by atoms with E-state index < -0.39 is 12.1 Å². The molecule has 2 rings (SSSR count). The molecule has 1 saturated carbocycles. The number of carbonyl (C=O) groups is 2. The van der Waals surface area contributed by atoms with Gasteiger partial charge >= 0.3 is 5.97 Å². The molecule has 0 saturated heterocycles. The van der Waals surface area contributed by atoms with Crippen LogP contribution < -0.4 is 14.8 Å². The number of amides is 1. The summed E-state index contributed by atoms with van der Waals surface area (Å²) in [5, 5.41) is 2.77. The van der Waals surface area contributed by atoms with Crippen LogP contribution in [0.25, 0.3) is 0 Å². The maximum atomic E-state index is 11.6. The van der Waals surface area contributed by atoms with E-state index in [1.54, 1.807) is 38.3 Å². The van der Waals surface area contributed by atoms with Gasteiger partial charge in [0.05, 0.1) is 7.11 Å². The van der Waals surface area contributed by atoms with Gasteiger partial charge in [0.1, 0.15) is 11.5 Å². The zero-order valence-electron chi connectivity index (χ0n) is 12.1. The first kappa shape index (κ1) is 15.2. The normalized spacial score (nSPS) is 15.0. The van der Waals surface area contributed by atoms with Gasteiger partial charge in [0.15, 0.2) is 12.7 Å². The third-order valence-corrected chi connectivity index (χ3v) is 3.02. The van der Waals surface area contributed by atoms with Crippen LogP contribution in [0.3, 0.4) is 0 Å². The van der Waals surface area contributed by atoms with Gasteiger partial charge in [-0.3, -0.25) is 4.79 Å². The molecule has 1 atom stereocenters. The lowest BCUT2D eigenvalue weighted by atomic mass is 10.3. The van der Waals surface area contributed by atoms with Gasteiger partial charge in [-0.15, -0.1) is 0 Å². The second kappa shape index (κ2) is 6.97. The van der Waals surface area contributed by atoms with Crippen molar-refractivity contribution in [3.05, 3.63) is 24.3 Å². The number of esters is 1. The van der Waals surface area contributed by atoms with E-state index in [-0.39, 0.29) is 18.6 Å². The molecule has 6 heteroatoms. The molecule has 0 spiro atoms. The van der Waals surface area contributed by atoms with Crippen LogP contribution in [-0.2, 0) is 14.3 Å². The summed E-state index contributed by atoms with van der Waals surface area (Å²) in [5.74, 6) is 0.387. The summed E-state index contributed by atoms with van der Waals surface area (Å²) >= 11 is 0. The van der Waals surface area contributed by atoms with Crippen molar-refractivity contribution < 1.29 is 23.8 Å². The lowest BCUT2D eigenvalue weighted by Gasteiger charge is -2.13. The summed E-state index contributed by atoms with van der Waals surface area (Å²) < 4.78 is 15.3. The summed E-state index contributed by atoms with van der Waals surface area (Å²) in [6.07, 6.45) is 1.18. The molecule has 1 aliphatic carbocycles. The molecular weight excluding hydrogens is 274 g/mol. The van der Waals surface area contributed by atoms with Crippen molar-refractivity contribution in [2.75, 3.05) is 13.7 Å². The highest BCUT2D eigenvalue weighted by Crippen LogP contribution is 2.19. The lowest BCUT2D eigenvalue weighted by Crippen LogP contribution is -2.37. The SMILES string of the molecule is COc1ccc(OCC(=O)O[C@H](C)C(=O)NC2CC2)cc1. The Hall–Kier alpha value is -2.24. The first-order chi connectivity index (χ1) is 10.1. The molecular formula is C15H19NO5. The van der Waals surface area contributed by atoms with Gasteiger partial charge in [0.2, 0.25) is 0 Å². The van der Waals surface area contributed by atoms with Gasteiger partial charge < -0.3 is 19.5 Å². The topological polar surface area (TPSA) is 73.9 Å². The molecule has 0 aromatic heterocycles. The fourth-order valence-corrected chi connectivity index (χ4v) is 1.65. The van der Waals surface area contributed by atoms with Crippen molar-refractivity contribution in [2.24, 2.45) is 0 Å². The predicted molar refractivity (Wildman–Crippen MR) is 75.2 cm³/mol. The zero-order valence-corrected chi connectivity index (χ0v) is 12.1. The largest absolute Gasteiger partial charge is 0.497 e. The van der Waals surface area contributed by atoms with Crippen molar-refractivity contribution in [1.29, 1.82) is 0 Å². The molecule has 114 valence electrons. The number of rotatable bonds is 7. The van der Waals surface area contributed by atoms with Crippen molar-refractivity contribution in [2.45, 2.75) is 31.9 Å². The summed E-state index contributed by atoms with van der Waals surface area (Å²) in [7, 11) is 1.57. The molecule has 1 amide bonds. The van der Waals surface area contributed by atoms with Gasteiger partial charge in [-0.25, -0.2) is 4.79 Å². The van der Waals surface area contributed by atoms with E-state index in [2.05, 4.69) is 5.32 Å². The summed E-state index contributed by atoms with van der Waals surface area (Å²) in [4.78, 5) is 23.2. The first-order valence-corrected chi connectivity index (χ1v) is 6.85. The molecule has 0 radical (unpaired) electrons. The summed E-state index contributed by atoms with van der Waals surface area (Å²) in [5.41, 5.74) is 0. The van der Waals surface area contributed by atoms with Crippen LogP contribution >= 0.6 is 0 Å². The quantitative estimate of drug-likeness (QED) is 0.767. The molecule has 21 heavy (non-hydrogen) atoms. The van der Waals surface area contributed by atoms with Crippen LogP contribution in [0.1, 0.15) is 19.8 Å². The van der Waals surface area contributed by atoms with Crippen LogP contribution in [0.5, 0.6) is 11.5 Å². The Labute approximate surface area is 123 Å². The van der Waals surface area contributed by atoms with Gasteiger partial charge in [-0.05, 0) is 44.0 Å². The monoisotopic (exact) mass is 293 g/mol. The fraction of sp³-hybridized carbons (Fsp3) is 0.467. The number of ether oxygens (including phenoxy) is 3. The van der Waals surface area contributed by atoms with E-state index in [1.165, 1.54) is 0 Å². The second-order valence-electron chi connectivity index (χ2n) is 4.88. The molecule has 1 aromatic carbocycles. The number of carbonyl (C=O) groups excluding carboxylic acids is 2. The van der Waals surface area contributed by atoms with Crippen LogP contribution in [0.2, 0.25) is 0 Å². The van der Waals surface area contributed by atoms with Crippen LogP contribution in [-0.4, -0.2) is 37.7 Å². The Morgan fingerprint density at radius 2 is 1.86 bits per heavy atom. The Morgan fingerprint density at radius 3 is 2.43 bits per heavy atom. The number of nitrogens with one attached hydrogen (secondary N) is 1. The molecule has 0 bridgehead atoms. The highest BCUT2D eigenvalue weighted by molar-refractivity contribution is 5.84. The van der Waals surface area contributed by atoms with Crippen molar-refractivity contribution in [3.8, 4) is 11.5 Å². The van der Waals surface area contributed by atoms with Crippen LogP contribution in [0.4, 0.5) is 0 Å². The predicted octanol–water partition coefficient (Wildman–Crippen LogP) is 1.28. The van der Waals surface area contributed by atoms with E-state index >= 15 is 0 Å². The average Bonchev–Trinajstić information content (AvgIpc) is 3.29. The molecule has 1 aliphatic rings. The van der Waals surface area contributed by atoms with E-state index in [0.29, 0.717) is 11.5 Å². The molecule has 0 aliphatic heterocycles. The Bertz CT molecular complexity index is 495. The van der Waals surface area contributed by atoms with Crippen molar-refractivity contribution >= 4 is 11.9 Å². The van der Waals surface area contributed by atoms with Crippen molar-refractivity contribution in [3.63, 3.8) is 0 Å². The van der Waals surface area contributed by atoms with E-state index in [4.69, 9.17) is 14.2 Å². The molecule has 6 nitrogen and oxygen atoms in total. The van der Waals surface area contributed by atoms with E-state index in [0.717, 1.165) is 12.8 Å². The molecule has 0 unspecified atom stereocenters. The van der Waals surface area contributed by atoms with Gasteiger partial charge in [0, 0.05) is 6.04 Å². The highest BCUT2D eigenvalue weighted by Gasteiger charge is 2.27. The first-order valence-electron chi connectivity index (χ1n) is 6.85. The van der Waals surface area contributed by atoms with Crippen LogP contribution in [0.15, 0.2) is 24.3 Å².